The quantitative estimate of drug-likeness (QED) is 0.767. The van der Waals surface area contributed by atoms with Gasteiger partial charge in [0.2, 0.25) is 5.95 Å². The van der Waals surface area contributed by atoms with Crippen LogP contribution in [0.25, 0.3) is 0 Å². The van der Waals surface area contributed by atoms with Gasteiger partial charge in [0, 0.05) is 70.2 Å². The lowest BCUT2D eigenvalue weighted by Crippen LogP contribution is -2.49. The molecule has 0 aliphatic carbocycles. The Labute approximate surface area is 164 Å². The molecule has 2 saturated heterocycles. The Morgan fingerprint density at radius 2 is 1.61 bits per heavy atom. The van der Waals surface area contributed by atoms with Gasteiger partial charge in [-0.1, -0.05) is 5.16 Å². The summed E-state index contributed by atoms with van der Waals surface area (Å²) in [5.41, 5.74) is 1.34. The van der Waals surface area contributed by atoms with Crippen LogP contribution in [-0.4, -0.2) is 90.2 Å². The van der Waals surface area contributed by atoms with Gasteiger partial charge < -0.3 is 24.1 Å². The Morgan fingerprint density at radius 1 is 0.929 bits per heavy atom. The Hall–Kier alpha value is -2.68. The van der Waals surface area contributed by atoms with Crippen LogP contribution in [-0.2, 0) is 0 Å². The SMILES string of the molecule is Cc1cc(N2CCN(C)CC2)nc(N2CCN(C(=O)c3cc(C)on3)CC2)n1. The average molecular weight is 385 g/mol. The smallest absolute Gasteiger partial charge is 0.276 e. The highest BCUT2D eigenvalue weighted by molar-refractivity contribution is 5.92. The van der Waals surface area contributed by atoms with Gasteiger partial charge in [-0.05, 0) is 20.9 Å². The maximum atomic E-state index is 12.5. The molecule has 1 amide bonds. The zero-order chi connectivity index (χ0) is 19.7. The number of likely N-dealkylation sites (N-methyl/N-ethyl adjacent to an activating group) is 1. The van der Waals surface area contributed by atoms with E-state index in [1.807, 2.05) is 11.8 Å². The van der Waals surface area contributed by atoms with Crippen molar-refractivity contribution in [3.05, 3.63) is 29.3 Å². The maximum absolute atomic E-state index is 12.5. The number of carbonyl (C=O) groups is 1. The molecular weight excluding hydrogens is 358 g/mol. The van der Waals surface area contributed by atoms with Crippen LogP contribution < -0.4 is 9.80 Å². The first kappa shape index (κ1) is 18.7. The van der Waals surface area contributed by atoms with Crippen LogP contribution in [0, 0.1) is 13.8 Å². The molecule has 0 atom stereocenters. The van der Waals surface area contributed by atoms with Crippen molar-refractivity contribution in [3.63, 3.8) is 0 Å². The van der Waals surface area contributed by atoms with Crippen LogP contribution in [0.3, 0.4) is 0 Å². The molecule has 0 radical (unpaired) electrons. The monoisotopic (exact) mass is 385 g/mol. The van der Waals surface area contributed by atoms with Crippen LogP contribution in [0.2, 0.25) is 0 Å². The fourth-order valence-electron chi connectivity index (χ4n) is 3.61. The van der Waals surface area contributed by atoms with Gasteiger partial charge in [-0.3, -0.25) is 4.79 Å². The molecule has 0 bridgehead atoms. The lowest BCUT2D eigenvalue weighted by atomic mass is 10.2. The number of anilines is 2. The van der Waals surface area contributed by atoms with Crippen molar-refractivity contribution >= 4 is 17.7 Å². The predicted octanol–water partition coefficient (Wildman–Crippen LogP) is 0.796. The minimum Gasteiger partial charge on any atom is -0.361 e. The molecule has 150 valence electrons. The van der Waals surface area contributed by atoms with E-state index in [2.05, 4.69) is 38.0 Å². The van der Waals surface area contributed by atoms with Gasteiger partial charge in [0.1, 0.15) is 11.6 Å². The van der Waals surface area contributed by atoms with E-state index in [9.17, 15) is 4.79 Å². The van der Waals surface area contributed by atoms with Gasteiger partial charge in [-0.15, -0.1) is 0 Å². The molecule has 0 unspecified atom stereocenters. The number of amides is 1. The highest BCUT2D eigenvalue weighted by Crippen LogP contribution is 2.20. The molecule has 9 heteroatoms. The van der Waals surface area contributed by atoms with Gasteiger partial charge >= 0.3 is 0 Å². The number of hydrogen-bond acceptors (Lipinski definition) is 8. The maximum Gasteiger partial charge on any atom is 0.276 e. The molecule has 2 fully saturated rings. The van der Waals surface area contributed by atoms with Crippen LogP contribution in [0.5, 0.6) is 0 Å². The largest absolute Gasteiger partial charge is 0.361 e. The third-order valence-corrected chi connectivity index (χ3v) is 5.35. The van der Waals surface area contributed by atoms with E-state index < -0.39 is 0 Å². The number of carbonyl (C=O) groups excluding carboxylic acids is 1. The van der Waals surface area contributed by atoms with Crippen LogP contribution >= 0.6 is 0 Å². The second-order valence-corrected chi connectivity index (χ2v) is 7.56. The number of hydrogen-bond donors (Lipinski definition) is 0. The second kappa shape index (κ2) is 7.75. The third-order valence-electron chi connectivity index (χ3n) is 5.35. The molecule has 0 saturated carbocycles. The topological polar surface area (TPSA) is 81.8 Å². The zero-order valence-corrected chi connectivity index (χ0v) is 16.8. The summed E-state index contributed by atoms with van der Waals surface area (Å²) in [5.74, 6) is 2.30. The highest BCUT2D eigenvalue weighted by Gasteiger charge is 2.26. The molecule has 0 N–H and O–H groups in total. The van der Waals surface area contributed by atoms with Crippen LogP contribution in [0.1, 0.15) is 21.9 Å². The van der Waals surface area contributed by atoms with Gasteiger partial charge in [-0.2, -0.15) is 4.98 Å². The molecule has 2 aliphatic rings. The van der Waals surface area contributed by atoms with Gasteiger partial charge in [-0.25, -0.2) is 4.98 Å². The molecule has 0 aromatic carbocycles. The highest BCUT2D eigenvalue weighted by atomic mass is 16.5. The molecule has 2 aromatic rings. The summed E-state index contributed by atoms with van der Waals surface area (Å²) in [6, 6.07) is 3.74. The Kier molecular flexibility index (Phi) is 5.17. The lowest BCUT2D eigenvalue weighted by molar-refractivity contribution is 0.0735. The van der Waals surface area contributed by atoms with Gasteiger partial charge in [0.25, 0.3) is 5.91 Å². The summed E-state index contributed by atoms with van der Waals surface area (Å²) in [6.45, 7) is 10.5. The van der Waals surface area contributed by atoms with Crippen molar-refractivity contribution in [2.24, 2.45) is 0 Å². The molecular formula is C19H27N7O2. The summed E-state index contributed by atoms with van der Waals surface area (Å²) in [7, 11) is 2.15. The predicted molar refractivity (Wildman–Crippen MR) is 106 cm³/mol. The summed E-state index contributed by atoms with van der Waals surface area (Å²) in [5, 5.41) is 3.83. The van der Waals surface area contributed by atoms with E-state index in [1.54, 1.807) is 13.0 Å². The van der Waals surface area contributed by atoms with Crippen molar-refractivity contribution in [1.82, 2.24) is 24.9 Å². The van der Waals surface area contributed by atoms with E-state index in [0.717, 1.165) is 43.6 Å². The first-order valence-corrected chi connectivity index (χ1v) is 9.76. The van der Waals surface area contributed by atoms with Crippen molar-refractivity contribution in [1.29, 1.82) is 0 Å². The number of rotatable bonds is 3. The van der Waals surface area contributed by atoms with E-state index in [-0.39, 0.29) is 5.91 Å². The standard InChI is InChI=1S/C19H27N7O2/c1-14-12-17(24-6-4-23(3)5-7-24)21-19(20-14)26-10-8-25(9-11-26)18(27)16-13-15(2)28-22-16/h12-13H,4-11H2,1-3H3. The molecule has 2 aromatic heterocycles. The minimum absolute atomic E-state index is 0.0835. The molecule has 9 nitrogen and oxygen atoms in total. The first-order chi connectivity index (χ1) is 13.5. The third kappa shape index (κ3) is 3.94. The number of nitrogens with zero attached hydrogens (tertiary/aromatic N) is 7. The minimum atomic E-state index is -0.0835. The Morgan fingerprint density at radius 3 is 2.25 bits per heavy atom. The van der Waals surface area contributed by atoms with Crippen molar-refractivity contribution < 1.29 is 9.32 Å². The van der Waals surface area contributed by atoms with Crippen molar-refractivity contribution in [2.45, 2.75) is 13.8 Å². The molecule has 4 heterocycles. The number of aryl methyl sites for hydroxylation is 2. The second-order valence-electron chi connectivity index (χ2n) is 7.56. The Balaban J connectivity index is 1.42. The molecule has 0 spiro atoms. The Bertz CT molecular complexity index is 837. The molecule has 28 heavy (non-hydrogen) atoms. The summed E-state index contributed by atoms with van der Waals surface area (Å²) < 4.78 is 5.02. The summed E-state index contributed by atoms with van der Waals surface area (Å²) in [6.07, 6.45) is 0. The number of aromatic nitrogens is 3. The summed E-state index contributed by atoms with van der Waals surface area (Å²) >= 11 is 0. The van der Waals surface area contributed by atoms with E-state index >= 15 is 0 Å². The fraction of sp³-hybridized carbons (Fsp3) is 0.579. The van der Waals surface area contributed by atoms with E-state index in [4.69, 9.17) is 9.51 Å². The zero-order valence-electron chi connectivity index (χ0n) is 16.8. The lowest BCUT2D eigenvalue weighted by Gasteiger charge is -2.36. The van der Waals surface area contributed by atoms with E-state index in [1.165, 1.54) is 0 Å². The summed E-state index contributed by atoms with van der Waals surface area (Å²) in [4.78, 5) is 30.6. The van der Waals surface area contributed by atoms with Gasteiger partial charge in [0.15, 0.2) is 5.69 Å². The average Bonchev–Trinajstić information content (AvgIpc) is 3.14. The number of piperazine rings is 2. The first-order valence-electron chi connectivity index (χ1n) is 9.76. The molecule has 2 aliphatic heterocycles. The van der Waals surface area contributed by atoms with Crippen molar-refractivity contribution in [3.8, 4) is 0 Å². The molecule has 4 rings (SSSR count). The van der Waals surface area contributed by atoms with Crippen molar-refractivity contribution in [2.75, 3.05) is 69.2 Å². The van der Waals surface area contributed by atoms with E-state index in [0.29, 0.717) is 37.6 Å². The normalized spacial score (nSPS) is 18.6. The van der Waals surface area contributed by atoms with Gasteiger partial charge in [0.05, 0.1) is 0 Å². The fourth-order valence-corrected chi connectivity index (χ4v) is 3.61. The van der Waals surface area contributed by atoms with Crippen LogP contribution in [0.15, 0.2) is 16.7 Å². The van der Waals surface area contributed by atoms with Crippen LogP contribution in [0.4, 0.5) is 11.8 Å².